The van der Waals surface area contributed by atoms with Crippen molar-refractivity contribution in [2.75, 3.05) is 6.61 Å². The zero-order chi connectivity index (χ0) is 18.9. The molecule has 4 rings (SSSR count). The van der Waals surface area contributed by atoms with Gasteiger partial charge < -0.3 is 15.4 Å². The lowest BCUT2D eigenvalue weighted by atomic mass is 9.84. The Balaban J connectivity index is 1.51. The summed E-state index contributed by atoms with van der Waals surface area (Å²) in [4.78, 5) is 0. The SMILES string of the molecule is CCCCCCc1onc2c1CCc1cc(C3CCC(N)(CO)C3)ccc1-2. The molecule has 0 saturated heterocycles. The van der Waals surface area contributed by atoms with Crippen molar-refractivity contribution in [2.24, 2.45) is 5.73 Å². The number of fused-ring (bicyclic) bond motifs is 3. The van der Waals surface area contributed by atoms with Crippen molar-refractivity contribution in [3.8, 4) is 11.3 Å². The predicted octanol–water partition coefficient (Wildman–Crippen LogP) is 4.52. The van der Waals surface area contributed by atoms with Crippen LogP contribution in [0.5, 0.6) is 0 Å². The van der Waals surface area contributed by atoms with E-state index in [1.807, 2.05) is 0 Å². The van der Waals surface area contributed by atoms with Gasteiger partial charge in [-0.2, -0.15) is 0 Å². The molecule has 0 radical (unpaired) electrons. The second-order valence-electron chi connectivity index (χ2n) is 8.62. The van der Waals surface area contributed by atoms with E-state index in [1.165, 1.54) is 47.9 Å². The number of hydrogen-bond donors (Lipinski definition) is 2. The second kappa shape index (κ2) is 7.76. The monoisotopic (exact) mass is 368 g/mol. The van der Waals surface area contributed by atoms with Gasteiger partial charge in [-0.1, -0.05) is 49.5 Å². The predicted molar refractivity (Wildman–Crippen MR) is 108 cm³/mol. The molecule has 2 unspecified atom stereocenters. The number of rotatable bonds is 7. The minimum atomic E-state index is -0.396. The van der Waals surface area contributed by atoms with Gasteiger partial charge in [0.05, 0.1) is 6.61 Å². The Morgan fingerprint density at radius 3 is 2.93 bits per heavy atom. The molecule has 2 aliphatic rings. The van der Waals surface area contributed by atoms with Crippen LogP contribution in [0.4, 0.5) is 0 Å². The molecule has 2 aromatic rings. The molecular weight excluding hydrogens is 336 g/mol. The molecular formula is C23H32N2O2. The van der Waals surface area contributed by atoms with Crippen LogP contribution in [0.25, 0.3) is 11.3 Å². The molecule has 1 heterocycles. The van der Waals surface area contributed by atoms with Crippen LogP contribution in [-0.4, -0.2) is 22.4 Å². The van der Waals surface area contributed by atoms with Crippen LogP contribution in [0, 0.1) is 0 Å². The fourth-order valence-electron chi connectivity index (χ4n) is 4.87. The first-order valence-electron chi connectivity index (χ1n) is 10.6. The molecule has 4 heteroatoms. The van der Waals surface area contributed by atoms with E-state index < -0.39 is 5.54 Å². The fourth-order valence-corrected chi connectivity index (χ4v) is 4.87. The number of hydrogen-bond acceptors (Lipinski definition) is 4. The number of aryl methyl sites for hydroxylation is 2. The minimum Gasteiger partial charge on any atom is -0.394 e. The normalized spacial score (nSPS) is 24.0. The molecule has 2 atom stereocenters. The summed E-state index contributed by atoms with van der Waals surface area (Å²) in [7, 11) is 0. The number of benzene rings is 1. The zero-order valence-corrected chi connectivity index (χ0v) is 16.5. The van der Waals surface area contributed by atoms with E-state index in [4.69, 9.17) is 10.3 Å². The first kappa shape index (κ1) is 18.7. The maximum atomic E-state index is 9.54. The maximum absolute atomic E-state index is 9.54. The van der Waals surface area contributed by atoms with Crippen LogP contribution in [0.3, 0.4) is 0 Å². The topological polar surface area (TPSA) is 72.3 Å². The Bertz CT molecular complexity index is 798. The molecule has 1 fully saturated rings. The van der Waals surface area contributed by atoms with E-state index in [0.717, 1.165) is 50.0 Å². The van der Waals surface area contributed by atoms with E-state index in [2.05, 4.69) is 30.3 Å². The summed E-state index contributed by atoms with van der Waals surface area (Å²) in [6.07, 6.45) is 10.9. The quantitative estimate of drug-likeness (QED) is 0.705. The summed E-state index contributed by atoms with van der Waals surface area (Å²) in [5.74, 6) is 1.56. The number of nitrogens with zero attached hydrogens (tertiary/aromatic N) is 1. The molecule has 27 heavy (non-hydrogen) atoms. The summed E-state index contributed by atoms with van der Waals surface area (Å²) in [5.41, 5.74) is 12.2. The van der Waals surface area contributed by atoms with E-state index in [9.17, 15) is 5.11 Å². The van der Waals surface area contributed by atoms with Gasteiger partial charge in [0, 0.05) is 23.1 Å². The Morgan fingerprint density at radius 2 is 2.15 bits per heavy atom. The van der Waals surface area contributed by atoms with Gasteiger partial charge in [-0.15, -0.1) is 0 Å². The number of aromatic nitrogens is 1. The lowest BCUT2D eigenvalue weighted by molar-refractivity contribution is 0.198. The first-order chi connectivity index (χ1) is 13.1. The molecule has 0 bridgehead atoms. The molecule has 0 spiro atoms. The van der Waals surface area contributed by atoms with Crippen molar-refractivity contribution in [3.05, 3.63) is 40.6 Å². The zero-order valence-electron chi connectivity index (χ0n) is 16.5. The molecule has 0 aliphatic heterocycles. The average Bonchev–Trinajstić information content (AvgIpc) is 3.29. The third-order valence-electron chi connectivity index (χ3n) is 6.59. The van der Waals surface area contributed by atoms with Crippen LogP contribution in [0.2, 0.25) is 0 Å². The third-order valence-corrected chi connectivity index (χ3v) is 6.59. The highest BCUT2D eigenvalue weighted by molar-refractivity contribution is 5.70. The smallest absolute Gasteiger partial charge is 0.140 e. The maximum Gasteiger partial charge on any atom is 0.140 e. The standard InChI is InChI=1S/C23H32N2O2/c1-2-3-4-5-6-21-20-10-8-17-13-16(7-9-19(17)22(20)25-27-21)18-11-12-23(24,14-18)15-26/h7,9,13,18,26H,2-6,8,10-12,14-15,24H2,1H3. The van der Waals surface area contributed by atoms with Crippen molar-refractivity contribution < 1.29 is 9.63 Å². The molecule has 0 amide bonds. The van der Waals surface area contributed by atoms with Crippen LogP contribution < -0.4 is 5.73 Å². The molecule has 1 aromatic heterocycles. The van der Waals surface area contributed by atoms with Gasteiger partial charge in [-0.3, -0.25) is 0 Å². The number of unbranched alkanes of at least 4 members (excludes halogenated alkanes) is 3. The lowest BCUT2D eigenvalue weighted by Crippen LogP contribution is -2.40. The third kappa shape index (κ3) is 3.70. The summed E-state index contributed by atoms with van der Waals surface area (Å²) >= 11 is 0. The highest BCUT2D eigenvalue weighted by Gasteiger charge is 2.36. The summed E-state index contributed by atoms with van der Waals surface area (Å²) in [5, 5.41) is 14.0. The molecule has 3 N–H and O–H groups in total. The van der Waals surface area contributed by atoms with Crippen LogP contribution in [0.1, 0.15) is 80.2 Å². The number of aliphatic hydroxyl groups is 1. The fraction of sp³-hybridized carbons (Fsp3) is 0.609. The van der Waals surface area contributed by atoms with E-state index >= 15 is 0 Å². The van der Waals surface area contributed by atoms with E-state index in [-0.39, 0.29) is 6.61 Å². The largest absolute Gasteiger partial charge is 0.394 e. The van der Waals surface area contributed by atoms with Gasteiger partial charge in [-0.25, -0.2) is 0 Å². The van der Waals surface area contributed by atoms with Gasteiger partial charge in [0.15, 0.2) is 0 Å². The highest BCUT2D eigenvalue weighted by atomic mass is 16.5. The number of nitrogens with two attached hydrogens (primary N) is 1. The van der Waals surface area contributed by atoms with Crippen molar-refractivity contribution in [3.63, 3.8) is 0 Å². The van der Waals surface area contributed by atoms with Crippen molar-refractivity contribution >= 4 is 0 Å². The van der Waals surface area contributed by atoms with Crippen LogP contribution >= 0.6 is 0 Å². The van der Waals surface area contributed by atoms with E-state index in [1.54, 1.807) is 0 Å². The molecule has 1 saturated carbocycles. The van der Waals surface area contributed by atoms with Crippen molar-refractivity contribution in [2.45, 2.75) is 82.6 Å². The van der Waals surface area contributed by atoms with Crippen LogP contribution in [-0.2, 0) is 19.3 Å². The van der Waals surface area contributed by atoms with Crippen molar-refractivity contribution in [1.29, 1.82) is 0 Å². The van der Waals surface area contributed by atoms with Crippen LogP contribution in [0.15, 0.2) is 22.7 Å². The Labute approximate surface area is 162 Å². The molecule has 146 valence electrons. The molecule has 4 nitrogen and oxygen atoms in total. The molecule has 1 aromatic carbocycles. The average molecular weight is 369 g/mol. The summed E-state index contributed by atoms with van der Waals surface area (Å²) < 4.78 is 5.73. The highest BCUT2D eigenvalue weighted by Crippen LogP contribution is 2.42. The van der Waals surface area contributed by atoms with Gasteiger partial charge in [0.25, 0.3) is 0 Å². The Morgan fingerprint density at radius 1 is 1.26 bits per heavy atom. The summed E-state index contributed by atoms with van der Waals surface area (Å²) in [6, 6.07) is 6.81. The Hall–Kier alpha value is -1.65. The van der Waals surface area contributed by atoms with Gasteiger partial charge in [0.1, 0.15) is 11.5 Å². The minimum absolute atomic E-state index is 0.0811. The van der Waals surface area contributed by atoms with Crippen molar-refractivity contribution in [1.82, 2.24) is 5.16 Å². The second-order valence-corrected chi connectivity index (χ2v) is 8.62. The molecule has 2 aliphatic carbocycles. The van der Waals surface area contributed by atoms with Gasteiger partial charge >= 0.3 is 0 Å². The first-order valence-corrected chi connectivity index (χ1v) is 10.6. The van der Waals surface area contributed by atoms with Gasteiger partial charge in [-0.05, 0) is 55.6 Å². The Kier molecular flexibility index (Phi) is 5.38. The summed E-state index contributed by atoms with van der Waals surface area (Å²) in [6.45, 7) is 2.32. The van der Waals surface area contributed by atoms with E-state index in [0.29, 0.717) is 5.92 Å². The lowest BCUT2D eigenvalue weighted by Gasteiger charge is -2.22. The number of aliphatic hydroxyl groups excluding tert-OH is 1. The van der Waals surface area contributed by atoms with Gasteiger partial charge in [0.2, 0.25) is 0 Å².